The average molecular weight is 360 g/mol. The van der Waals surface area contributed by atoms with Crippen molar-refractivity contribution >= 4 is 11.8 Å². The van der Waals surface area contributed by atoms with Gasteiger partial charge in [-0.05, 0) is 44.2 Å². The number of hydrogen-bond acceptors (Lipinski definition) is 5. The lowest BCUT2D eigenvalue weighted by molar-refractivity contribution is 0.0520. The molecule has 0 unspecified atom stereocenters. The number of esters is 1. The Morgan fingerprint density at radius 2 is 2.00 bits per heavy atom. The van der Waals surface area contributed by atoms with Crippen molar-refractivity contribution in [2.75, 3.05) is 18.5 Å². The van der Waals surface area contributed by atoms with Crippen LogP contribution in [0.4, 0.5) is 5.82 Å². The van der Waals surface area contributed by atoms with Crippen molar-refractivity contribution in [1.29, 1.82) is 5.26 Å². The summed E-state index contributed by atoms with van der Waals surface area (Å²) in [5.74, 6) is 0.118. The largest absolute Gasteiger partial charge is 0.460 e. The number of rotatable bonds is 6. The first-order chi connectivity index (χ1) is 13.1. The fourth-order valence-corrected chi connectivity index (χ4v) is 2.97. The summed E-state index contributed by atoms with van der Waals surface area (Å²) in [6.45, 7) is 4.41. The van der Waals surface area contributed by atoms with Crippen LogP contribution in [0.1, 0.15) is 27.3 Å². The molecule has 0 aliphatic rings. The lowest BCUT2D eigenvalue weighted by atomic mass is 10.2. The molecule has 27 heavy (non-hydrogen) atoms. The standard InChI is InChI=1S/C21H20N4O2/c1-15-13-19(16(2)25(15)18-8-4-3-5-9-18)21(26)27-12-11-24-20-17(14-22)7-6-10-23-20/h3-10,13H,11-12H2,1-2H3,(H,23,24). The number of carbonyl (C=O) groups is 1. The van der Waals surface area contributed by atoms with E-state index in [1.54, 1.807) is 18.3 Å². The normalized spacial score (nSPS) is 10.3. The van der Waals surface area contributed by atoms with Gasteiger partial charge in [0.2, 0.25) is 0 Å². The summed E-state index contributed by atoms with van der Waals surface area (Å²) in [5.41, 5.74) is 3.82. The van der Waals surface area contributed by atoms with Crippen molar-refractivity contribution in [1.82, 2.24) is 9.55 Å². The second-order valence-electron chi connectivity index (χ2n) is 6.03. The third-order valence-electron chi connectivity index (χ3n) is 4.22. The van der Waals surface area contributed by atoms with Crippen molar-refractivity contribution in [2.45, 2.75) is 13.8 Å². The average Bonchev–Trinajstić information content (AvgIpc) is 3.00. The van der Waals surface area contributed by atoms with Crippen LogP contribution in [0.25, 0.3) is 5.69 Å². The highest BCUT2D eigenvalue weighted by Gasteiger charge is 2.17. The van der Waals surface area contributed by atoms with E-state index in [0.29, 0.717) is 23.5 Å². The van der Waals surface area contributed by atoms with Crippen LogP contribution >= 0.6 is 0 Å². The van der Waals surface area contributed by atoms with Crippen molar-refractivity contribution in [3.05, 3.63) is 77.2 Å². The number of carbonyl (C=O) groups excluding carboxylic acids is 1. The van der Waals surface area contributed by atoms with E-state index in [1.165, 1.54) is 0 Å². The monoisotopic (exact) mass is 360 g/mol. The summed E-state index contributed by atoms with van der Waals surface area (Å²) in [7, 11) is 0. The molecule has 0 aliphatic carbocycles. The van der Waals surface area contributed by atoms with E-state index in [9.17, 15) is 4.79 Å². The summed E-state index contributed by atoms with van der Waals surface area (Å²) in [6.07, 6.45) is 1.60. The highest BCUT2D eigenvalue weighted by Crippen LogP contribution is 2.21. The predicted molar refractivity (Wildman–Crippen MR) is 103 cm³/mol. The van der Waals surface area contributed by atoms with E-state index in [1.807, 2.05) is 54.8 Å². The molecule has 6 heteroatoms. The molecular weight excluding hydrogens is 340 g/mol. The van der Waals surface area contributed by atoms with Crippen LogP contribution in [-0.4, -0.2) is 28.7 Å². The van der Waals surface area contributed by atoms with Crippen molar-refractivity contribution in [3.8, 4) is 11.8 Å². The molecule has 0 bridgehead atoms. The third kappa shape index (κ3) is 3.98. The number of benzene rings is 1. The molecule has 0 spiro atoms. The first-order valence-corrected chi connectivity index (χ1v) is 8.62. The van der Waals surface area contributed by atoms with Gasteiger partial charge in [0.1, 0.15) is 18.5 Å². The van der Waals surface area contributed by atoms with Crippen LogP contribution in [0.5, 0.6) is 0 Å². The summed E-state index contributed by atoms with van der Waals surface area (Å²) in [6, 6.07) is 17.2. The van der Waals surface area contributed by atoms with E-state index < -0.39 is 0 Å². The van der Waals surface area contributed by atoms with E-state index in [4.69, 9.17) is 10.00 Å². The lowest BCUT2D eigenvalue weighted by Gasteiger charge is -2.10. The predicted octanol–water partition coefficient (Wildman–Crippen LogP) is 3.63. The van der Waals surface area contributed by atoms with E-state index in [2.05, 4.69) is 16.4 Å². The van der Waals surface area contributed by atoms with Gasteiger partial charge < -0.3 is 14.6 Å². The van der Waals surface area contributed by atoms with Gasteiger partial charge in [-0.2, -0.15) is 5.26 Å². The molecule has 0 saturated carbocycles. The summed E-state index contributed by atoms with van der Waals surface area (Å²) >= 11 is 0. The highest BCUT2D eigenvalue weighted by atomic mass is 16.5. The Balaban J connectivity index is 1.63. The first kappa shape index (κ1) is 18.2. The van der Waals surface area contributed by atoms with Gasteiger partial charge in [0.25, 0.3) is 0 Å². The van der Waals surface area contributed by atoms with Gasteiger partial charge in [-0.25, -0.2) is 9.78 Å². The number of ether oxygens (including phenoxy) is 1. The van der Waals surface area contributed by atoms with Crippen LogP contribution in [0, 0.1) is 25.2 Å². The number of nitriles is 1. The van der Waals surface area contributed by atoms with Gasteiger partial charge in [-0.15, -0.1) is 0 Å². The lowest BCUT2D eigenvalue weighted by Crippen LogP contribution is -2.15. The molecule has 0 radical (unpaired) electrons. The second kappa shape index (κ2) is 8.19. The van der Waals surface area contributed by atoms with E-state index in [0.717, 1.165) is 17.1 Å². The Hall–Kier alpha value is -3.59. The van der Waals surface area contributed by atoms with E-state index >= 15 is 0 Å². The van der Waals surface area contributed by atoms with Crippen LogP contribution in [0.3, 0.4) is 0 Å². The maximum atomic E-state index is 12.5. The molecule has 0 amide bonds. The van der Waals surface area contributed by atoms with Crippen LogP contribution in [0.15, 0.2) is 54.7 Å². The molecule has 6 nitrogen and oxygen atoms in total. The van der Waals surface area contributed by atoms with Crippen LogP contribution in [0.2, 0.25) is 0 Å². The summed E-state index contributed by atoms with van der Waals surface area (Å²) in [4.78, 5) is 16.6. The van der Waals surface area contributed by atoms with Gasteiger partial charge in [0.05, 0.1) is 17.7 Å². The zero-order valence-electron chi connectivity index (χ0n) is 15.3. The fourth-order valence-electron chi connectivity index (χ4n) is 2.97. The molecule has 2 aromatic heterocycles. The number of para-hydroxylation sites is 1. The zero-order chi connectivity index (χ0) is 19.2. The smallest absolute Gasteiger partial charge is 0.340 e. The SMILES string of the molecule is Cc1cc(C(=O)OCCNc2ncccc2C#N)c(C)n1-c1ccccc1. The fraction of sp³-hybridized carbons (Fsp3) is 0.190. The summed E-state index contributed by atoms with van der Waals surface area (Å²) < 4.78 is 7.41. The number of hydrogen-bond donors (Lipinski definition) is 1. The number of nitrogens with one attached hydrogen (secondary N) is 1. The number of nitrogens with zero attached hydrogens (tertiary/aromatic N) is 3. The minimum absolute atomic E-state index is 0.176. The van der Waals surface area contributed by atoms with Crippen LogP contribution < -0.4 is 5.32 Å². The molecule has 3 aromatic rings. The maximum Gasteiger partial charge on any atom is 0.340 e. The number of aromatic nitrogens is 2. The van der Waals surface area contributed by atoms with Crippen molar-refractivity contribution < 1.29 is 9.53 Å². The molecule has 0 aliphatic heterocycles. The maximum absolute atomic E-state index is 12.5. The first-order valence-electron chi connectivity index (χ1n) is 8.62. The zero-order valence-corrected chi connectivity index (χ0v) is 15.3. The summed E-state index contributed by atoms with van der Waals surface area (Å²) in [5, 5.41) is 12.1. The Kier molecular flexibility index (Phi) is 5.53. The van der Waals surface area contributed by atoms with Crippen molar-refractivity contribution in [2.24, 2.45) is 0 Å². The molecule has 136 valence electrons. The third-order valence-corrected chi connectivity index (χ3v) is 4.22. The minimum atomic E-state index is -0.367. The molecule has 0 saturated heterocycles. The highest BCUT2D eigenvalue weighted by molar-refractivity contribution is 5.91. The van der Waals surface area contributed by atoms with E-state index in [-0.39, 0.29) is 12.6 Å². The van der Waals surface area contributed by atoms with Gasteiger partial charge in [-0.1, -0.05) is 18.2 Å². The second-order valence-corrected chi connectivity index (χ2v) is 6.03. The topological polar surface area (TPSA) is 79.9 Å². The number of anilines is 1. The molecule has 1 aromatic carbocycles. The van der Waals surface area contributed by atoms with Gasteiger partial charge >= 0.3 is 5.97 Å². The molecule has 0 atom stereocenters. The molecule has 2 heterocycles. The van der Waals surface area contributed by atoms with Crippen molar-refractivity contribution in [3.63, 3.8) is 0 Å². The molecule has 0 fully saturated rings. The quantitative estimate of drug-likeness (QED) is 0.536. The van der Waals surface area contributed by atoms with Gasteiger partial charge in [-0.3, -0.25) is 0 Å². The Labute approximate surface area is 158 Å². The Morgan fingerprint density at radius 3 is 2.74 bits per heavy atom. The van der Waals surface area contributed by atoms with Gasteiger partial charge in [0.15, 0.2) is 0 Å². The number of aryl methyl sites for hydroxylation is 1. The van der Waals surface area contributed by atoms with Gasteiger partial charge in [0, 0.05) is 23.3 Å². The Morgan fingerprint density at radius 1 is 1.22 bits per heavy atom. The number of pyridine rings is 1. The van der Waals surface area contributed by atoms with Crippen LogP contribution in [-0.2, 0) is 4.74 Å². The molecule has 1 N–H and O–H groups in total. The molecular formula is C21H20N4O2. The Bertz CT molecular complexity index is 987. The minimum Gasteiger partial charge on any atom is -0.460 e. The molecule has 3 rings (SSSR count).